The fraction of sp³-hybridized carbons (Fsp3) is 0.524. The number of hydrogen-bond donors (Lipinski definition) is 1. The summed E-state index contributed by atoms with van der Waals surface area (Å²) in [5, 5.41) is 7.37. The monoisotopic (exact) mass is 351 g/mol. The second kappa shape index (κ2) is 6.23. The Labute approximate surface area is 153 Å². The summed E-state index contributed by atoms with van der Waals surface area (Å²) in [6, 6.07) is 8.59. The quantitative estimate of drug-likeness (QED) is 0.905. The van der Waals surface area contributed by atoms with Crippen LogP contribution in [0.3, 0.4) is 0 Å². The Kier molecular flexibility index (Phi) is 3.85. The van der Waals surface area contributed by atoms with Gasteiger partial charge in [-0.15, -0.1) is 0 Å². The third-order valence-corrected chi connectivity index (χ3v) is 6.53. The Balaban J connectivity index is 1.25. The first kappa shape index (κ1) is 16.1. The van der Waals surface area contributed by atoms with Crippen LogP contribution in [-0.2, 0) is 28.0 Å². The van der Waals surface area contributed by atoms with Gasteiger partial charge >= 0.3 is 0 Å². The first-order chi connectivity index (χ1) is 12.8. The molecule has 2 aromatic rings. The molecule has 1 aromatic carbocycles. The van der Waals surface area contributed by atoms with Crippen molar-refractivity contribution >= 4 is 5.91 Å². The minimum atomic E-state index is -0.263. The van der Waals surface area contributed by atoms with Crippen molar-refractivity contribution in [2.24, 2.45) is 0 Å². The number of fused-ring (bicyclic) bond motifs is 3. The van der Waals surface area contributed by atoms with Crippen LogP contribution < -0.4 is 0 Å². The van der Waals surface area contributed by atoms with Crippen molar-refractivity contribution < 1.29 is 9.53 Å². The number of hydrogen-bond acceptors (Lipinski definition) is 3. The molecule has 1 spiro atoms. The molecule has 26 heavy (non-hydrogen) atoms. The highest BCUT2D eigenvalue weighted by molar-refractivity contribution is 5.77. The molecule has 1 amide bonds. The number of rotatable bonds is 2. The Bertz CT molecular complexity index is 820. The molecule has 1 N–H and O–H groups in total. The lowest BCUT2D eigenvalue weighted by Gasteiger charge is -2.43. The number of piperidine rings is 1. The van der Waals surface area contributed by atoms with Crippen molar-refractivity contribution in [1.29, 1.82) is 0 Å². The van der Waals surface area contributed by atoms with Gasteiger partial charge in [-0.1, -0.05) is 24.3 Å². The van der Waals surface area contributed by atoms with Crippen molar-refractivity contribution in [3.63, 3.8) is 0 Å². The van der Waals surface area contributed by atoms with Crippen molar-refractivity contribution in [2.45, 2.75) is 50.0 Å². The van der Waals surface area contributed by atoms with Crippen molar-refractivity contribution in [2.75, 3.05) is 19.7 Å². The van der Waals surface area contributed by atoms with Gasteiger partial charge in [-0.25, -0.2) is 0 Å². The van der Waals surface area contributed by atoms with E-state index in [1.54, 1.807) is 0 Å². The lowest BCUT2D eigenvalue weighted by Crippen LogP contribution is -2.48. The van der Waals surface area contributed by atoms with Crippen LogP contribution in [0.5, 0.6) is 0 Å². The standard InChI is InChI=1S/C21H25N3O2/c25-19(13-16-6-5-15-3-1-2-4-18(15)16)24-10-8-21(9-11-24)20-17(7-12-26-21)14-22-23-20/h1-4,14,16H,5-13H2,(H,22,23). The third kappa shape index (κ3) is 2.57. The van der Waals surface area contributed by atoms with Crippen LogP contribution in [0.1, 0.15) is 54.0 Å². The van der Waals surface area contributed by atoms with Crippen LogP contribution in [0.25, 0.3) is 0 Å². The van der Waals surface area contributed by atoms with Gasteiger partial charge in [-0.3, -0.25) is 9.89 Å². The van der Waals surface area contributed by atoms with E-state index in [9.17, 15) is 4.79 Å². The number of amides is 1. The third-order valence-electron chi connectivity index (χ3n) is 6.53. The normalized spacial score (nSPS) is 23.7. The molecule has 0 radical (unpaired) electrons. The summed E-state index contributed by atoms with van der Waals surface area (Å²) in [5.41, 5.74) is 4.96. The number of carbonyl (C=O) groups excluding carboxylic acids is 1. The SMILES string of the molecule is O=C(CC1CCc2ccccc21)N1CCC2(CC1)OCCc1cn[nH]c12. The predicted molar refractivity (Wildman–Crippen MR) is 97.9 cm³/mol. The molecule has 1 unspecified atom stereocenters. The zero-order chi connectivity index (χ0) is 17.6. The van der Waals surface area contributed by atoms with E-state index in [-0.39, 0.29) is 5.60 Å². The Morgan fingerprint density at radius 1 is 1.23 bits per heavy atom. The molecular weight excluding hydrogens is 326 g/mol. The van der Waals surface area contributed by atoms with E-state index >= 15 is 0 Å². The second-order valence-electron chi connectivity index (χ2n) is 7.88. The maximum atomic E-state index is 12.9. The molecule has 3 aliphatic rings. The number of aromatic nitrogens is 2. The topological polar surface area (TPSA) is 58.2 Å². The van der Waals surface area contributed by atoms with E-state index in [4.69, 9.17) is 4.74 Å². The van der Waals surface area contributed by atoms with Gasteiger partial charge in [0.1, 0.15) is 5.60 Å². The zero-order valence-corrected chi connectivity index (χ0v) is 15.0. The minimum Gasteiger partial charge on any atom is -0.368 e. The average molecular weight is 351 g/mol. The number of aromatic amines is 1. The van der Waals surface area contributed by atoms with Gasteiger partial charge in [0, 0.05) is 19.5 Å². The van der Waals surface area contributed by atoms with E-state index in [1.165, 1.54) is 16.7 Å². The molecule has 1 fully saturated rings. The summed E-state index contributed by atoms with van der Waals surface area (Å²) in [7, 11) is 0. The molecule has 1 saturated heterocycles. The molecule has 1 aliphatic carbocycles. The largest absolute Gasteiger partial charge is 0.368 e. The van der Waals surface area contributed by atoms with Crippen LogP contribution in [0, 0.1) is 0 Å². The number of benzene rings is 1. The highest BCUT2D eigenvalue weighted by Crippen LogP contribution is 2.41. The highest BCUT2D eigenvalue weighted by atomic mass is 16.5. The summed E-state index contributed by atoms with van der Waals surface area (Å²) >= 11 is 0. The highest BCUT2D eigenvalue weighted by Gasteiger charge is 2.43. The first-order valence-electron chi connectivity index (χ1n) is 9.77. The minimum absolute atomic E-state index is 0.263. The molecule has 0 bridgehead atoms. The summed E-state index contributed by atoms with van der Waals surface area (Å²) < 4.78 is 6.19. The van der Waals surface area contributed by atoms with Crippen LogP contribution in [-0.4, -0.2) is 40.7 Å². The summed E-state index contributed by atoms with van der Waals surface area (Å²) in [4.78, 5) is 14.9. The van der Waals surface area contributed by atoms with E-state index in [0.29, 0.717) is 18.2 Å². The number of nitrogens with zero attached hydrogens (tertiary/aromatic N) is 2. The molecular formula is C21H25N3O2. The molecule has 0 saturated carbocycles. The molecule has 136 valence electrons. The van der Waals surface area contributed by atoms with Gasteiger partial charge in [0.05, 0.1) is 18.5 Å². The zero-order valence-electron chi connectivity index (χ0n) is 15.0. The fourth-order valence-electron chi connectivity index (χ4n) is 5.03. The van der Waals surface area contributed by atoms with Crippen molar-refractivity contribution in [1.82, 2.24) is 15.1 Å². The van der Waals surface area contributed by atoms with Crippen LogP contribution in [0.15, 0.2) is 30.5 Å². The van der Waals surface area contributed by atoms with Crippen molar-refractivity contribution in [3.05, 3.63) is 52.8 Å². The van der Waals surface area contributed by atoms with Crippen LogP contribution in [0.4, 0.5) is 0 Å². The van der Waals surface area contributed by atoms with Gasteiger partial charge in [0.2, 0.25) is 5.91 Å². The molecule has 1 atom stereocenters. The lowest BCUT2D eigenvalue weighted by molar-refractivity contribution is -0.141. The maximum Gasteiger partial charge on any atom is 0.223 e. The number of aryl methyl sites for hydroxylation is 1. The van der Waals surface area contributed by atoms with Gasteiger partial charge < -0.3 is 9.64 Å². The number of likely N-dealkylation sites (tertiary alicyclic amines) is 1. The van der Waals surface area contributed by atoms with Crippen LogP contribution in [0.2, 0.25) is 0 Å². The number of carbonyl (C=O) groups is 1. The molecule has 3 heterocycles. The molecule has 5 nitrogen and oxygen atoms in total. The van der Waals surface area contributed by atoms with E-state index in [1.807, 2.05) is 11.1 Å². The van der Waals surface area contributed by atoms with E-state index in [2.05, 4.69) is 34.5 Å². The molecule has 1 aromatic heterocycles. The Morgan fingerprint density at radius 3 is 2.96 bits per heavy atom. The summed E-state index contributed by atoms with van der Waals surface area (Å²) in [5.74, 6) is 0.682. The van der Waals surface area contributed by atoms with Gasteiger partial charge in [-0.2, -0.15) is 5.10 Å². The smallest absolute Gasteiger partial charge is 0.223 e. The molecule has 5 rings (SSSR count). The predicted octanol–water partition coefficient (Wildman–Crippen LogP) is 2.92. The summed E-state index contributed by atoms with van der Waals surface area (Å²) in [6.45, 7) is 2.29. The van der Waals surface area contributed by atoms with E-state index in [0.717, 1.165) is 57.5 Å². The number of ether oxygens (including phenoxy) is 1. The second-order valence-corrected chi connectivity index (χ2v) is 7.88. The van der Waals surface area contributed by atoms with Gasteiger partial charge in [0.15, 0.2) is 0 Å². The maximum absolute atomic E-state index is 12.9. The number of nitrogens with one attached hydrogen (secondary N) is 1. The summed E-state index contributed by atoms with van der Waals surface area (Å²) in [6.07, 6.45) is 7.41. The van der Waals surface area contributed by atoms with Crippen molar-refractivity contribution in [3.8, 4) is 0 Å². The molecule has 2 aliphatic heterocycles. The number of H-pyrrole nitrogens is 1. The Hall–Kier alpha value is -2.14. The Morgan fingerprint density at radius 2 is 2.08 bits per heavy atom. The van der Waals surface area contributed by atoms with E-state index < -0.39 is 0 Å². The van der Waals surface area contributed by atoms with Gasteiger partial charge in [0.25, 0.3) is 0 Å². The fourth-order valence-corrected chi connectivity index (χ4v) is 5.03. The average Bonchev–Trinajstić information content (AvgIpc) is 3.31. The molecule has 5 heteroatoms. The lowest BCUT2D eigenvalue weighted by atomic mass is 9.83. The van der Waals surface area contributed by atoms with Crippen LogP contribution >= 0.6 is 0 Å². The van der Waals surface area contributed by atoms with Gasteiger partial charge in [-0.05, 0) is 54.7 Å². The first-order valence-corrected chi connectivity index (χ1v) is 9.77.